The Labute approximate surface area is 155 Å². The molecule has 1 aromatic carbocycles. The van der Waals surface area contributed by atoms with Crippen molar-refractivity contribution in [3.63, 3.8) is 0 Å². The van der Waals surface area contributed by atoms with E-state index in [1.165, 1.54) is 4.31 Å². The summed E-state index contributed by atoms with van der Waals surface area (Å²) >= 11 is 0. The molecule has 0 bridgehead atoms. The lowest BCUT2D eigenvalue weighted by molar-refractivity contribution is -0.133. The van der Waals surface area contributed by atoms with Crippen LogP contribution in [0.1, 0.15) is 12.8 Å². The van der Waals surface area contributed by atoms with Gasteiger partial charge in [-0.05, 0) is 36.8 Å². The van der Waals surface area contributed by atoms with Crippen LogP contribution in [0.25, 0.3) is 0 Å². The zero-order chi connectivity index (χ0) is 16.7. The summed E-state index contributed by atoms with van der Waals surface area (Å²) in [7, 11) is -3.61. The summed E-state index contributed by atoms with van der Waals surface area (Å²) in [6, 6.07) is 7.88. The van der Waals surface area contributed by atoms with E-state index >= 15 is 0 Å². The summed E-state index contributed by atoms with van der Waals surface area (Å²) < 4.78 is 27.2. The van der Waals surface area contributed by atoms with Crippen molar-refractivity contribution in [2.45, 2.75) is 23.8 Å². The molecule has 3 heterocycles. The molecule has 25 heavy (non-hydrogen) atoms. The number of hydrogen-bond donors (Lipinski definition) is 1. The lowest BCUT2D eigenvalue weighted by Gasteiger charge is -2.27. The van der Waals surface area contributed by atoms with Gasteiger partial charge < -0.3 is 10.2 Å². The van der Waals surface area contributed by atoms with Crippen LogP contribution in [0.15, 0.2) is 35.2 Å². The first kappa shape index (κ1) is 18.6. The van der Waals surface area contributed by atoms with Crippen LogP contribution in [0, 0.1) is 11.8 Å². The van der Waals surface area contributed by atoms with Gasteiger partial charge in [0.1, 0.15) is 6.04 Å². The van der Waals surface area contributed by atoms with E-state index in [1.54, 1.807) is 30.3 Å². The van der Waals surface area contributed by atoms with Gasteiger partial charge in [-0.15, -0.1) is 12.4 Å². The molecule has 1 aromatic rings. The van der Waals surface area contributed by atoms with E-state index in [0.29, 0.717) is 24.8 Å². The Morgan fingerprint density at radius 1 is 1.08 bits per heavy atom. The largest absolute Gasteiger partial charge is 0.341 e. The van der Waals surface area contributed by atoms with Crippen molar-refractivity contribution in [3.05, 3.63) is 30.3 Å². The fourth-order valence-corrected chi connectivity index (χ4v) is 5.92. The van der Waals surface area contributed by atoms with Gasteiger partial charge in [-0.3, -0.25) is 4.79 Å². The predicted molar refractivity (Wildman–Crippen MR) is 97.0 cm³/mol. The number of hydrogen-bond acceptors (Lipinski definition) is 4. The van der Waals surface area contributed by atoms with E-state index < -0.39 is 16.1 Å². The number of nitrogens with zero attached hydrogens (tertiary/aromatic N) is 2. The van der Waals surface area contributed by atoms with E-state index in [9.17, 15) is 13.2 Å². The highest BCUT2D eigenvalue weighted by Gasteiger charge is 2.45. The highest BCUT2D eigenvalue weighted by Crippen LogP contribution is 2.31. The van der Waals surface area contributed by atoms with E-state index in [4.69, 9.17) is 0 Å². The molecular formula is C17H24ClN3O3S. The van der Waals surface area contributed by atoms with Crippen molar-refractivity contribution in [3.8, 4) is 0 Å². The second-order valence-corrected chi connectivity index (χ2v) is 8.90. The summed E-state index contributed by atoms with van der Waals surface area (Å²) in [5.41, 5.74) is 0. The SMILES string of the molecule is Cl.O=C(C1CCCN1S(=O)(=O)c1ccccc1)N1C[C@H]2CNC[C@H]2C1. The summed E-state index contributed by atoms with van der Waals surface area (Å²) in [4.78, 5) is 15.1. The minimum Gasteiger partial charge on any atom is -0.341 e. The highest BCUT2D eigenvalue weighted by atomic mass is 35.5. The monoisotopic (exact) mass is 385 g/mol. The summed E-state index contributed by atoms with van der Waals surface area (Å²) in [6.45, 7) is 3.87. The maximum Gasteiger partial charge on any atom is 0.243 e. The Morgan fingerprint density at radius 2 is 1.72 bits per heavy atom. The van der Waals surface area contributed by atoms with Crippen LogP contribution < -0.4 is 5.32 Å². The fraction of sp³-hybridized carbons (Fsp3) is 0.588. The number of halogens is 1. The molecule has 3 fully saturated rings. The van der Waals surface area contributed by atoms with Crippen molar-refractivity contribution in [2.24, 2.45) is 11.8 Å². The van der Waals surface area contributed by atoms with Gasteiger partial charge >= 0.3 is 0 Å². The van der Waals surface area contributed by atoms with Gasteiger partial charge in [-0.25, -0.2) is 8.42 Å². The number of nitrogens with one attached hydrogen (secondary N) is 1. The van der Waals surface area contributed by atoms with Gasteiger partial charge in [0, 0.05) is 32.7 Å². The zero-order valence-corrected chi connectivity index (χ0v) is 15.6. The van der Waals surface area contributed by atoms with Crippen LogP contribution in [0.5, 0.6) is 0 Å². The molecule has 3 aliphatic heterocycles. The van der Waals surface area contributed by atoms with Crippen LogP contribution >= 0.6 is 12.4 Å². The highest BCUT2D eigenvalue weighted by molar-refractivity contribution is 7.89. The quantitative estimate of drug-likeness (QED) is 0.840. The van der Waals surface area contributed by atoms with Crippen molar-refractivity contribution in [1.29, 1.82) is 0 Å². The third kappa shape index (κ3) is 3.30. The number of sulfonamides is 1. The van der Waals surface area contributed by atoms with E-state index in [1.807, 2.05) is 4.90 Å². The van der Waals surface area contributed by atoms with Gasteiger partial charge in [-0.1, -0.05) is 18.2 Å². The zero-order valence-electron chi connectivity index (χ0n) is 14.0. The molecule has 1 N–H and O–H groups in total. The van der Waals surface area contributed by atoms with Gasteiger partial charge in [0.15, 0.2) is 0 Å². The third-order valence-electron chi connectivity index (χ3n) is 5.54. The Bertz CT molecular complexity index is 716. The molecular weight excluding hydrogens is 362 g/mol. The fourth-order valence-electron chi connectivity index (χ4n) is 4.25. The molecule has 138 valence electrons. The molecule has 3 aliphatic rings. The molecule has 4 rings (SSSR count). The molecule has 3 atom stereocenters. The molecule has 3 saturated heterocycles. The first-order chi connectivity index (χ1) is 11.6. The molecule has 1 unspecified atom stereocenters. The van der Waals surface area contributed by atoms with Crippen molar-refractivity contribution in [1.82, 2.24) is 14.5 Å². The standard InChI is InChI=1S/C17H23N3O3S.ClH/c21-17(19-11-13-9-18-10-14(13)12-19)16-7-4-8-20(16)24(22,23)15-5-2-1-3-6-15;/h1-3,5-6,13-14,16,18H,4,7-12H2;1H/t13-,14+,16?;. The number of likely N-dealkylation sites (tertiary alicyclic amines) is 1. The third-order valence-corrected chi connectivity index (χ3v) is 7.46. The molecule has 0 radical (unpaired) electrons. The molecule has 0 aliphatic carbocycles. The molecule has 6 nitrogen and oxygen atoms in total. The van der Waals surface area contributed by atoms with Gasteiger partial charge in [0.05, 0.1) is 4.90 Å². The number of fused-ring (bicyclic) bond motifs is 1. The Morgan fingerprint density at radius 3 is 2.36 bits per heavy atom. The first-order valence-corrected chi connectivity index (χ1v) is 10.1. The average molecular weight is 386 g/mol. The van der Waals surface area contributed by atoms with Gasteiger partial charge in [0.2, 0.25) is 15.9 Å². The van der Waals surface area contributed by atoms with E-state index in [-0.39, 0.29) is 23.2 Å². The van der Waals surface area contributed by atoms with Crippen molar-refractivity contribution in [2.75, 3.05) is 32.7 Å². The van der Waals surface area contributed by atoms with Crippen molar-refractivity contribution < 1.29 is 13.2 Å². The Kier molecular flexibility index (Phi) is 5.39. The maximum absolute atomic E-state index is 13.0. The molecule has 0 aromatic heterocycles. The van der Waals surface area contributed by atoms with E-state index in [2.05, 4.69) is 5.32 Å². The molecule has 8 heteroatoms. The van der Waals surface area contributed by atoms with Crippen LogP contribution in [-0.4, -0.2) is 62.3 Å². The second kappa shape index (κ2) is 7.23. The number of rotatable bonds is 3. The average Bonchev–Trinajstić information content (AvgIpc) is 3.30. The van der Waals surface area contributed by atoms with Crippen LogP contribution in [0.2, 0.25) is 0 Å². The van der Waals surface area contributed by atoms with Gasteiger partial charge in [0.25, 0.3) is 0 Å². The van der Waals surface area contributed by atoms with Crippen LogP contribution in [0.4, 0.5) is 0 Å². The molecule has 0 spiro atoms. The number of amides is 1. The molecule has 1 amide bonds. The minimum atomic E-state index is -3.61. The summed E-state index contributed by atoms with van der Waals surface area (Å²) in [5, 5.41) is 3.36. The minimum absolute atomic E-state index is 0. The second-order valence-electron chi connectivity index (χ2n) is 7.01. The lowest BCUT2D eigenvalue weighted by Crippen LogP contribution is -2.47. The van der Waals surface area contributed by atoms with Crippen molar-refractivity contribution >= 4 is 28.3 Å². The summed E-state index contributed by atoms with van der Waals surface area (Å²) in [5.74, 6) is 1.03. The normalized spacial score (nSPS) is 29.4. The number of carbonyl (C=O) groups excluding carboxylic acids is 1. The predicted octanol–water partition coefficient (Wildman–Crippen LogP) is 0.939. The number of benzene rings is 1. The maximum atomic E-state index is 13.0. The number of carbonyl (C=O) groups is 1. The van der Waals surface area contributed by atoms with Crippen LogP contribution in [-0.2, 0) is 14.8 Å². The lowest BCUT2D eigenvalue weighted by atomic mass is 10.0. The topological polar surface area (TPSA) is 69.7 Å². The Balaban J connectivity index is 0.00000182. The Hall–Kier alpha value is -1.15. The van der Waals surface area contributed by atoms with E-state index in [0.717, 1.165) is 32.6 Å². The summed E-state index contributed by atoms with van der Waals surface area (Å²) in [6.07, 6.45) is 1.36. The smallest absolute Gasteiger partial charge is 0.243 e. The van der Waals surface area contributed by atoms with Gasteiger partial charge in [-0.2, -0.15) is 4.31 Å². The first-order valence-electron chi connectivity index (χ1n) is 8.64. The van der Waals surface area contributed by atoms with Crippen LogP contribution in [0.3, 0.4) is 0 Å². The molecule has 0 saturated carbocycles.